The summed E-state index contributed by atoms with van der Waals surface area (Å²) < 4.78 is 5.41. The van der Waals surface area contributed by atoms with Crippen molar-refractivity contribution in [2.45, 2.75) is 12.8 Å². The van der Waals surface area contributed by atoms with Gasteiger partial charge in [0.25, 0.3) is 0 Å². The van der Waals surface area contributed by atoms with E-state index in [0.29, 0.717) is 24.4 Å². The highest BCUT2D eigenvalue weighted by molar-refractivity contribution is 5.77. The zero-order valence-corrected chi connectivity index (χ0v) is 9.35. The molecule has 0 aliphatic carbocycles. The number of nitrogens with zero attached hydrogens (tertiary/aromatic N) is 1. The number of rotatable bonds is 5. The third-order valence-corrected chi connectivity index (χ3v) is 2.38. The van der Waals surface area contributed by atoms with Crippen LogP contribution in [0.1, 0.15) is 12.8 Å². The minimum Gasteiger partial charge on any atom is -0.478 e. The molecule has 0 aromatic carbocycles. The number of aliphatic hydroxyl groups is 1. The van der Waals surface area contributed by atoms with Gasteiger partial charge in [0.15, 0.2) is 0 Å². The van der Waals surface area contributed by atoms with Crippen LogP contribution in [0.2, 0.25) is 0 Å². The monoisotopic (exact) mass is 234 g/mol. The van der Waals surface area contributed by atoms with Gasteiger partial charge in [-0.2, -0.15) is 0 Å². The van der Waals surface area contributed by atoms with Crippen molar-refractivity contribution in [2.75, 3.05) is 13.2 Å². The van der Waals surface area contributed by atoms with E-state index in [0.717, 1.165) is 11.8 Å². The number of aliphatic hydroxyl groups excluding tert-OH is 1. The maximum Gasteiger partial charge on any atom is 0.248 e. The molecule has 2 rings (SSSR count). The molecule has 0 aliphatic heterocycles. The standard InChI is InChI=1S/C12H14N2O3/c15-5-1-2-6-17-12-7-10-9(8-13-12)3-4-11(16)14-10/h3-4,7-8,15H,1-2,5-6H2,(H,14,16). The van der Waals surface area contributed by atoms with Crippen molar-refractivity contribution in [1.29, 1.82) is 0 Å². The van der Waals surface area contributed by atoms with E-state index >= 15 is 0 Å². The zero-order chi connectivity index (χ0) is 12.1. The first-order valence-corrected chi connectivity index (χ1v) is 5.52. The Bertz CT molecular complexity index is 551. The molecular weight excluding hydrogens is 220 g/mol. The highest BCUT2D eigenvalue weighted by Crippen LogP contribution is 2.14. The fourth-order valence-electron chi connectivity index (χ4n) is 1.50. The lowest BCUT2D eigenvalue weighted by atomic mass is 10.3. The van der Waals surface area contributed by atoms with Gasteiger partial charge in [0, 0.05) is 30.3 Å². The van der Waals surface area contributed by atoms with Gasteiger partial charge in [-0.25, -0.2) is 4.98 Å². The first-order chi connectivity index (χ1) is 8.29. The molecular formula is C12H14N2O3. The third-order valence-electron chi connectivity index (χ3n) is 2.38. The summed E-state index contributed by atoms with van der Waals surface area (Å²) in [6, 6.07) is 4.89. The molecule has 0 saturated heterocycles. The van der Waals surface area contributed by atoms with Gasteiger partial charge in [-0.1, -0.05) is 0 Å². The average Bonchev–Trinajstić information content (AvgIpc) is 2.34. The number of unbranched alkanes of at least 4 members (excludes halogenated alkanes) is 1. The molecule has 17 heavy (non-hydrogen) atoms. The lowest BCUT2D eigenvalue weighted by Gasteiger charge is -2.05. The van der Waals surface area contributed by atoms with E-state index in [4.69, 9.17) is 9.84 Å². The fourth-order valence-corrected chi connectivity index (χ4v) is 1.50. The molecule has 0 atom stereocenters. The molecule has 2 aromatic rings. The molecule has 2 N–H and O–H groups in total. The second-order valence-corrected chi connectivity index (χ2v) is 3.71. The Morgan fingerprint density at radius 2 is 2.24 bits per heavy atom. The summed E-state index contributed by atoms with van der Waals surface area (Å²) in [4.78, 5) is 18.0. The number of H-pyrrole nitrogens is 1. The summed E-state index contributed by atoms with van der Waals surface area (Å²) in [5, 5.41) is 9.49. The van der Waals surface area contributed by atoms with Crippen LogP contribution in [0, 0.1) is 0 Å². The van der Waals surface area contributed by atoms with E-state index < -0.39 is 0 Å². The molecule has 5 nitrogen and oxygen atoms in total. The number of hydrogen-bond donors (Lipinski definition) is 2. The van der Waals surface area contributed by atoms with Gasteiger partial charge in [-0.05, 0) is 18.9 Å². The molecule has 0 bridgehead atoms. The summed E-state index contributed by atoms with van der Waals surface area (Å²) in [5.74, 6) is 0.484. The van der Waals surface area contributed by atoms with Gasteiger partial charge in [0.2, 0.25) is 11.4 Å². The predicted octanol–water partition coefficient (Wildman–Crippen LogP) is 1.07. The van der Waals surface area contributed by atoms with Crippen LogP contribution in [-0.2, 0) is 0 Å². The van der Waals surface area contributed by atoms with Crippen LogP contribution in [-0.4, -0.2) is 28.3 Å². The molecule has 0 aliphatic rings. The van der Waals surface area contributed by atoms with Crippen molar-refractivity contribution in [3.05, 3.63) is 34.7 Å². The molecule has 90 valence electrons. The van der Waals surface area contributed by atoms with Gasteiger partial charge >= 0.3 is 0 Å². The van der Waals surface area contributed by atoms with Crippen LogP contribution >= 0.6 is 0 Å². The van der Waals surface area contributed by atoms with E-state index in [-0.39, 0.29) is 12.2 Å². The van der Waals surface area contributed by atoms with Crippen molar-refractivity contribution < 1.29 is 9.84 Å². The van der Waals surface area contributed by atoms with Crippen LogP contribution in [0.5, 0.6) is 5.88 Å². The fraction of sp³-hybridized carbons (Fsp3) is 0.333. The van der Waals surface area contributed by atoms with E-state index in [9.17, 15) is 4.79 Å². The minimum atomic E-state index is -0.144. The first-order valence-electron chi connectivity index (χ1n) is 5.52. The second kappa shape index (κ2) is 5.45. The Morgan fingerprint density at radius 3 is 3.06 bits per heavy atom. The van der Waals surface area contributed by atoms with Gasteiger partial charge < -0.3 is 14.8 Å². The number of aromatic nitrogens is 2. The molecule has 2 aromatic heterocycles. The van der Waals surface area contributed by atoms with E-state index in [2.05, 4.69) is 9.97 Å². The Balaban J connectivity index is 2.11. The average molecular weight is 234 g/mol. The predicted molar refractivity (Wildman–Crippen MR) is 64.2 cm³/mol. The summed E-state index contributed by atoms with van der Waals surface area (Å²) in [5.41, 5.74) is 0.569. The van der Waals surface area contributed by atoms with Gasteiger partial charge in [0.05, 0.1) is 12.1 Å². The summed E-state index contributed by atoms with van der Waals surface area (Å²) >= 11 is 0. The van der Waals surface area contributed by atoms with Crippen LogP contribution in [0.4, 0.5) is 0 Å². The summed E-state index contributed by atoms with van der Waals surface area (Å²) in [6.45, 7) is 0.679. The van der Waals surface area contributed by atoms with Gasteiger partial charge in [-0.15, -0.1) is 0 Å². The topological polar surface area (TPSA) is 75.2 Å². The second-order valence-electron chi connectivity index (χ2n) is 3.71. The van der Waals surface area contributed by atoms with Gasteiger partial charge in [0.1, 0.15) is 0 Å². The van der Waals surface area contributed by atoms with Crippen LogP contribution in [0.15, 0.2) is 29.2 Å². The number of pyridine rings is 2. The number of ether oxygens (including phenoxy) is 1. The zero-order valence-electron chi connectivity index (χ0n) is 9.35. The molecule has 0 fully saturated rings. The van der Waals surface area contributed by atoms with Crippen LogP contribution in [0.3, 0.4) is 0 Å². The number of hydrogen-bond acceptors (Lipinski definition) is 4. The molecule has 0 saturated carbocycles. The largest absolute Gasteiger partial charge is 0.478 e. The van der Waals surface area contributed by atoms with E-state index in [1.807, 2.05) is 0 Å². The third kappa shape index (κ3) is 3.04. The first kappa shape index (κ1) is 11.6. The molecule has 0 radical (unpaired) electrons. The van der Waals surface area contributed by atoms with Crippen LogP contribution < -0.4 is 10.3 Å². The molecule has 2 heterocycles. The lowest BCUT2D eigenvalue weighted by Crippen LogP contribution is -2.04. The van der Waals surface area contributed by atoms with E-state index in [1.54, 1.807) is 18.3 Å². The Kier molecular flexibility index (Phi) is 3.72. The van der Waals surface area contributed by atoms with E-state index in [1.165, 1.54) is 6.07 Å². The quantitative estimate of drug-likeness (QED) is 0.759. The number of nitrogens with one attached hydrogen (secondary N) is 1. The Hall–Kier alpha value is -1.88. The minimum absolute atomic E-state index is 0.144. The smallest absolute Gasteiger partial charge is 0.248 e. The maximum atomic E-state index is 11.1. The Labute approximate surface area is 98.1 Å². The highest BCUT2D eigenvalue weighted by atomic mass is 16.5. The summed E-state index contributed by atoms with van der Waals surface area (Å²) in [6.07, 6.45) is 3.15. The molecule has 0 unspecified atom stereocenters. The highest BCUT2D eigenvalue weighted by Gasteiger charge is 1.99. The lowest BCUT2D eigenvalue weighted by molar-refractivity contribution is 0.249. The van der Waals surface area contributed by atoms with Crippen molar-refractivity contribution in [3.8, 4) is 5.88 Å². The number of fused-ring (bicyclic) bond motifs is 1. The van der Waals surface area contributed by atoms with Crippen molar-refractivity contribution in [1.82, 2.24) is 9.97 Å². The van der Waals surface area contributed by atoms with Crippen molar-refractivity contribution in [2.24, 2.45) is 0 Å². The van der Waals surface area contributed by atoms with Gasteiger partial charge in [-0.3, -0.25) is 4.79 Å². The molecule has 0 spiro atoms. The molecule has 5 heteroatoms. The Morgan fingerprint density at radius 1 is 1.35 bits per heavy atom. The normalized spacial score (nSPS) is 10.6. The van der Waals surface area contributed by atoms with Crippen molar-refractivity contribution in [3.63, 3.8) is 0 Å². The maximum absolute atomic E-state index is 11.1. The van der Waals surface area contributed by atoms with Crippen LogP contribution in [0.25, 0.3) is 10.9 Å². The van der Waals surface area contributed by atoms with Crippen molar-refractivity contribution >= 4 is 10.9 Å². The SMILES string of the molecule is O=c1ccc2cnc(OCCCCO)cc2[nH]1. The molecule has 0 amide bonds. The number of aromatic amines is 1. The summed E-state index contributed by atoms with van der Waals surface area (Å²) in [7, 11) is 0.